The predicted octanol–water partition coefficient (Wildman–Crippen LogP) is 4.65. The molecule has 0 radical (unpaired) electrons. The van der Waals surface area contributed by atoms with Gasteiger partial charge in [0.25, 0.3) is 0 Å². The van der Waals surface area contributed by atoms with Crippen LogP contribution in [0.5, 0.6) is 0 Å². The lowest BCUT2D eigenvalue weighted by Gasteiger charge is -2.61. The monoisotopic (exact) mass is 469 g/mol. The number of hydrogen-bond donors (Lipinski definition) is 2. The van der Waals surface area contributed by atoms with E-state index in [2.05, 4.69) is 25.1 Å². The van der Waals surface area contributed by atoms with Gasteiger partial charge in [-0.25, -0.2) is 4.79 Å². The molecule has 4 aliphatic rings. The Bertz CT molecular complexity index is 1070. The summed E-state index contributed by atoms with van der Waals surface area (Å²) in [5.41, 5.74) is 2.06. The summed E-state index contributed by atoms with van der Waals surface area (Å²) in [5, 5.41) is 25.3. The first-order chi connectivity index (χ1) is 16.2. The van der Waals surface area contributed by atoms with Crippen molar-refractivity contribution in [2.24, 2.45) is 27.8 Å². The smallest absolute Gasteiger partial charge is 0.335 e. The van der Waals surface area contributed by atoms with Crippen LogP contribution in [0.4, 0.5) is 0 Å². The summed E-state index contributed by atoms with van der Waals surface area (Å²) in [5.74, 6) is -0.0196. The quantitative estimate of drug-likeness (QED) is 0.480. The molecule has 0 spiro atoms. The molecule has 3 saturated carbocycles. The summed E-state index contributed by atoms with van der Waals surface area (Å²) in [6.45, 7) is 4.70. The van der Waals surface area contributed by atoms with Crippen LogP contribution in [0.1, 0.15) is 83.1 Å². The predicted molar refractivity (Wildman–Crippen MR) is 127 cm³/mol. The lowest BCUT2D eigenvalue weighted by Crippen LogP contribution is -2.60. The second-order valence-corrected chi connectivity index (χ2v) is 11.3. The standard InChI is InChI=1S/C27H35NO6/c1-25-11-7-19(28-34-14-10-23(29)30)15-18(25)4-5-22-21(25)8-12-26(2)20(9-13-27(22,26)32)17-3-6-24(31)33-16-17/h3,6,15-16,20-22,32H,4-5,7-14H2,1-2H3,(H,29,30)/b28-19+/t20-,21?,22?,25+,26-,27+/m1/s1. The summed E-state index contributed by atoms with van der Waals surface area (Å²) in [6.07, 6.45) is 11.1. The zero-order valence-corrected chi connectivity index (χ0v) is 20.1. The van der Waals surface area contributed by atoms with Crippen molar-refractivity contribution < 1.29 is 24.3 Å². The SMILES string of the molecule is C[C@]12CC/C(=N\OCCC(=O)O)C=C1CCC1C2CC[C@]2(C)[C@@H](c3ccc(=O)oc3)CC[C@]12O. The molecule has 4 aliphatic carbocycles. The molecule has 0 bridgehead atoms. The largest absolute Gasteiger partial charge is 0.481 e. The summed E-state index contributed by atoms with van der Waals surface area (Å²) >= 11 is 0. The van der Waals surface area contributed by atoms with Crippen molar-refractivity contribution in [2.75, 3.05) is 6.61 Å². The molecule has 0 aromatic carbocycles. The van der Waals surface area contributed by atoms with Gasteiger partial charge in [0.05, 0.1) is 24.0 Å². The van der Waals surface area contributed by atoms with Gasteiger partial charge in [0.1, 0.15) is 6.61 Å². The number of allylic oxidation sites excluding steroid dienone is 2. The van der Waals surface area contributed by atoms with Crippen LogP contribution in [0, 0.1) is 22.7 Å². The average molecular weight is 470 g/mol. The first kappa shape index (κ1) is 23.3. The molecule has 34 heavy (non-hydrogen) atoms. The zero-order valence-electron chi connectivity index (χ0n) is 20.1. The second-order valence-electron chi connectivity index (χ2n) is 11.3. The van der Waals surface area contributed by atoms with E-state index in [0.717, 1.165) is 62.6 Å². The Labute approximate surface area is 199 Å². The van der Waals surface area contributed by atoms with Crippen LogP contribution in [0.3, 0.4) is 0 Å². The lowest BCUT2D eigenvalue weighted by atomic mass is 9.45. The van der Waals surface area contributed by atoms with E-state index in [1.807, 2.05) is 6.07 Å². The minimum atomic E-state index is -0.888. The number of carbonyl (C=O) groups is 1. The van der Waals surface area contributed by atoms with E-state index in [0.29, 0.717) is 5.92 Å². The molecule has 1 aromatic rings. The van der Waals surface area contributed by atoms with Crippen LogP contribution in [-0.4, -0.2) is 34.1 Å². The highest BCUT2D eigenvalue weighted by Crippen LogP contribution is 2.69. The highest BCUT2D eigenvalue weighted by Gasteiger charge is 2.66. The van der Waals surface area contributed by atoms with E-state index in [1.165, 1.54) is 11.6 Å². The number of hydrogen-bond acceptors (Lipinski definition) is 6. The van der Waals surface area contributed by atoms with Gasteiger partial charge in [-0.3, -0.25) is 4.79 Å². The maximum atomic E-state index is 12.3. The van der Waals surface area contributed by atoms with E-state index in [-0.39, 0.29) is 41.3 Å². The normalized spacial score (nSPS) is 40.1. The van der Waals surface area contributed by atoms with Gasteiger partial charge in [-0.05, 0) is 92.2 Å². The van der Waals surface area contributed by atoms with Gasteiger partial charge in [-0.2, -0.15) is 0 Å². The number of aliphatic carboxylic acids is 1. The molecule has 2 N–H and O–H groups in total. The molecule has 0 saturated heterocycles. The van der Waals surface area contributed by atoms with E-state index in [1.54, 1.807) is 6.26 Å². The summed E-state index contributed by atoms with van der Waals surface area (Å²) in [4.78, 5) is 27.4. The molecular formula is C27H35NO6. The van der Waals surface area contributed by atoms with Gasteiger partial charge < -0.3 is 19.5 Å². The van der Waals surface area contributed by atoms with Crippen molar-refractivity contribution in [3.8, 4) is 0 Å². The van der Waals surface area contributed by atoms with Gasteiger partial charge in [-0.1, -0.05) is 24.6 Å². The van der Waals surface area contributed by atoms with Crippen molar-refractivity contribution in [3.05, 3.63) is 46.0 Å². The Morgan fingerprint density at radius 3 is 2.71 bits per heavy atom. The number of carboxylic acids is 1. The first-order valence-electron chi connectivity index (χ1n) is 12.6. The molecule has 1 aromatic heterocycles. The fourth-order valence-corrected chi connectivity index (χ4v) is 7.98. The highest BCUT2D eigenvalue weighted by atomic mass is 16.6. The van der Waals surface area contributed by atoms with Gasteiger partial charge in [0, 0.05) is 11.5 Å². The second kappa shape index (κ2) is 8.36. The Hall–Kier alpha value is -2.41. The molecular weight excluding hydrogens is 434 g/mol. The third-order valence-electron chi connectivity index (χ3n) is 9.88. The first-order valence-corrected chi connectivity index (χ1v) is 12.6. The zero-order chi connectivity index (χ0) is 24.1. The number of nitrogens with zero attached hydrogens (tertiary/aromatic N) is 1. The minimum absolute atomic E-state index is 0.0394. The molecule has 1 heterocycles. The molecule has 7 heteroatoms. The Balaban J connectivity index is 1.37. The third kappa shape index (κ3) is 3.55. The summed E-state index contributed by atoms with van der Waals surface area (Å²) < 4.78 is 5.18. The molecule has 3 fully saturated rings. The third-order valence-corrected chi connectivity index (χ3v) is 9.88. The van der Waals surface area contributed by atoms with E-state index >= 15 is 0 Å². The highest BCUT2D eigenvalue weighted by molar-refractivity contribution is 5.96. The molecule has 6 atom stereocenters. The van der Waals surface area contributed by atoms with E-state index in [9.17, 15) is 14.7 Å². The Kier molecular flexibility index (Phi) is 5.74. The van der Waals surface area contributed by atoms with E-state index in [4.69, 9.17) is 14.4 Å². The maximum absolute atomic E-state index is 12.3. The van der Waals surface area contributed by atoms with Crippen LogP contribution < -0.4 is 5.63 Å². The van der Waals surface area contributed by atoms with Crippen molar-refractivity contribution >= 4 is 11.7 Å². The van der Waals surface area contributed by atoms with Crippen molar-refractivity contribution in [3.63, 3.8) is 0 Å². The van der Waals surface area contributed by atoms with Crippen LogP contribution in [-0.2, 0) is 9.63 Å². The molecule has 0 aliphatic heterocycles. The van der Waals surface area contributed by atoms with Gasteiger partial charge in [-0.15, -0.1) is 0 Å². The van der Waals surface area contributed by atoms with Crippen LogP contribution >= 0.6 is 0 Å². The Morgan fingerprint density at radius 1 is 1.15 bits per heavy atom. The molecule has 7 nitrogen and oxygen atoms in total. The van der Waals surface area contributed by atoms with Gasteiger partial charge in [0.15, 0.2) is 0 Å². The number of oxime groups is 1. The van der Waals surface area contributed by atoms with Crippen molar-refractivity contribution in [1.82, 2.24) is 0 Å². The van der Waals surface area contributed by atoms with Crippen LogP contribution in [0.15, 0.2) is 44.4 Å². The van der Waals surface area contributed by atoms with Crippen molar-refractivity contribution in [2.45, 2.75) is 83.2 Å². The molecule has 2 unspecified atom stereocenters. The summed E-state index contributed by atoms with van der Waals surface area (Å²) in [6, 6.07) is 3.37. The number of fused-ring (bicyclic) bond motifs is 5. The van der Waals surface area contributed by atoms with E-state index < -0.39 is 11.6 Å². The Morgan fingerprint density at radius 2 is 1.97 bits per heavy atom. The fourth-order valence-electron chi connectivity index (χ4n) is 7.98. The topological polar surface area (TPSA) is 109 Å². The minimum Gasteiger partial charge on any atom is -0.481 e. The van der Waals surface area contributed by atoms with Crippen molar-refractivity contribution in [1.29, 1.82) is 0 Å². The fraction of sp³-hybridized carbons (Fsp3) is 0.667. The van der Waals surface area contributed by atoms with Gasteiger partial charge >= 0.3 is 11.6 Å². The molecule has 0 amide bonds. The molecule has 5 rings (SSSR count). The number of aliphatic hydroxyl groups is 1. The molecule has 184 valence electrons. The van der Waals surface area contributed by atoms with Crippen LogP contribution in [0.2, 0.25) is 0 Å². The van der Waals surface area contributed by atoms with Gasteiger partial charge in [0.2, 0.25) is 0 Å². The lowest BCUT2D eigenvalue weighted by molar-refractivity contribution is -0.176. The average Bonchev–Trinajstić information content (AvgIpc) is 3.08. The van der Waals surface area contributed by atoms with Crippen LogP contribution in [0.25, 0.3) is 0 Å². The number of carboxylic acid groups (broad SMARTS) is 1. The summed E-state index contributed by atoms with van der Waals surface area (Å²) in [7, 11) is 0. The number of rotatable bonds is 5. The maximum Gasteiger partial charge on any atom is 0.335 e.